The minimum absolute atomic E-state index is 0.604. The van der Waals surface area contributed by atoms with Gasteiger partial charge in [-0.15, -0.1) is 0 Å². The molecule has 1 atom stereocenters. The Morgan fingerprint density at radius 2 is 2.00 bits per heavy atom. The molecule has 0 heterocycles. The van der Waals surface area contributed by atoms with E-state index in [2.05, 4.69) is 0 Å². The minimum atomic E-state index is -2.35. The third kappa shape index (κ3) is 2.21. The monoisotopic (exact) mass is 208 g/mol. The van der Waals surface area contributed by atoms with Crippen molar-refractivity contribution in [3.05, 3.63) is 35.4 Å². The van der Waals surface area contributed by atoms with E-state index in [9.17, 15) is 18.0 Å². The Bertz CT molecular complexity index is 338. The summed E-state index contributed by atoms with van der Waals surface area (Å²) in [5.74, 6) is -3.09. The van der Waals surface area contributed by atoms with E-state index in [0.29, 0.717) is 6.07 Å². The molecule has 0 spiro atoms. The number of hydrogen-bond donors (Lipinski definition) is 0. The van der Waals surface area contributed by atoms with Gasteiger partial charge in [0.15, 0.2) is 0 Å². The average molecular weight is 209 g/mol. The number of carbonyl (C=O) groups is 1. The van der Waals surface area contributed by atoms with Crippen molar-refractivity contribution in [1.82, 2.24) is 0 Å². The third-order valence-electron chi connectivity index (χ3n) is 1.39. The summed E-state index contributed by atoms with van der Waals surface area (Å²) in [5.41, 5.74) is -3.03. The van der Waals surface area contributed by atoms with E-state index in [-0.39, 0.29) is 0 Å². The molecule has 0 aliphatic rings. The van der Waals surface area contributed by atoms with Crippen LogP contribution in [0.15, 0.2) is 18.2 Å². The standard InChI is InChI=1S/C8H4ClF3O/c9-8(12)7(13)5-3-4(10)1-2-6(5)11/h1-3,8H. The molecule has 1 aromatic rings. The second kappa shape index (κ2) is 3.79. The quantitative estimate of drug-likeness (QED) is 0.540. The molecule has 0 fully saturated rings. The number of ketones is 1. The zero-order chi connectivity index (χ0) is 10.0. The Kier molecular flexibility index (Phi) is 2.93. The van der Waals surface area contributed by atoms with Gasteiger partial charge in [0, 0.05) is 0 Å². The van der Waals surface area contributed by atoms with Gasteiger partial charge in [-0.25, -0.2) is 13.2 Å². The van der Waals surface area contributed by atoms with Crippen LogP contribution in [0.25, 0.3) is 0 Å². The van der Waals surface area contributed by atoms with E-state index in [1.54, 1.807) is 0 Å². The lowest BCUT2D eigenvalue weighted by Gasteiger charge is -2.01. The summed E-state index contributed by atoms with van der Waals surface area (Å²) in [4.78, 5) is 10.8. The van der Waals surface area contributed by atoms with Crippen molar-refractivity contribution in [2.75, 3.05) is 0 Å². The van der Waals surface area contributed by atoms with Crippen molar-refractivity contribution in [2.24, 2.45) is 0 Å². The van der Waals surface area contributed by atoms with Crippen molar-refractivity contribution in [2.45, 2.75) is 5.63 Å². The van der Waals surface area contributed by atoms with Crippen molar-refractivity contribution in [3.63, 3.8) is 0 Å². The van der Waals surface area contributed by atoms with Crippen LogP contribution in [0.5, 0.6) is 0 Å². The fraction of sp³-hybridized carbons (Fsp3) is 0.125. The first-order valence-corrected chi connectivity index (χ1v) is 3.73. The van der Waals surface area contributed by atoms with Crippen molar-refractivity contribution in [1.29, 1.82) is 0 Å². The molecule has 0 aliphatic heterocycles. The Morgan fingerprint density at radius 3 is 2.54 bits per heavy atom. The highest BCUT2D eigenvalue weighted by molar-refractivity contribution is 6.32. The molecule has 0 N–H and O–H groups in total. The molecule has 0 saturated carbocycles. The first kappa shape index (κ1) is 10.1. The lowest BCUT2D eigenvalue weighted by Crippen LogP contribution is -2.11. The maximum absolute atomic E-state index is 12.8. The largest absolute Gasteiger partial charge is 0.289 e. The SMILES string of the molecule is O=C(c1cc(F)ccc1F)C(F)Cl. The van der Waals surface area contributed by atoms with E-state index in [1.807, 2.05) is 0 Å². The first-order valence-electron chi connectivity index (χ1n) is 3.30. The molecule has 0 radical (unpaired) electrons. The zero-order valence-corrected chi connectivity index (χ0v) is 6.99. The highest BCUT2D eigenvalue weighted by Gasteiger charge is 2.20. The summed E-state index contributed by atoms with van der Waals surface area (Å²) in [6.07, 6.45) is 0. The number of benzene rings is 1. The normalized spacial score (nSPS) is 12.6. The number of alkyl halides is 2. The van der Waals surface area contributed by atoms with Crippen molar-refractivity contribution >= 4 is 17.4 Å². The van der Waals surface area contributed by atoms with Gasteiger partial charge in [-0.2, -0.15) is 0 Å². The van der Waals surface area contributed by atoms with Gasteiger partial charge in [0.05, 0.1) is 5.56 Å². The molecule has 1 unspecified atom stereocenters. The van der Waals surface area contributed by atoms with Crippen LogP contribution in [0.2, 0.25) is 0 Å². The summed E-state index contributed by atoms with van der Waals surface area (Å²) in [5, 5.41) is 0. The van der Waals surface area contributed by atoms with Crippen LogP contribution in [0, 0.1) is 11.6 Å². The molecular weight excluding hydrogens is 205 g/mol. The maximum Gasteiger partial charge on any atom is 0.235 e. The number of Topliss-reactive ketones (excluding diaryl/α,β-unsaturated/α-hetero) is 1. The average Bonchev–Trinajstić information content (AvgIpc) is 2.08. The van der Waals surface area contributed by atoms with Crippen LogP contribution in [-0.4, -0.2) is 11.4 Å². The summed E-state index contributed by atoms with van der Waals surface area (Å²) in [7, 11) is 0. The van der Waals surface area contributed by atoms with E-state index in [4.69, 9.17) is 11.6 Å². The number of carbonyl (C=O) groups excluding carboxylic acids is 1. The van der Waals surface area contributed by atoms with Crippen LogP contribution in [0.1, 0.15) is 10.4 Å². The smallest absolute Gasteiger partial charge is 0.235 e. The van der Waals surface area contributed by atoms with Crippen LogP contribution in [-0.2, 0) is 0 Å². The Labute approximate surface area is 77.1 Å². The minimum Gasteiger partial charge on any atom is -0.289 e. The molecule has 70 valence electrons. The topological polar surface area (TPSA) is 17.1 Å². The molecule has 1 aromatic carbocycles. The Morgan fingerprint density at radius 1 is 1.38 bits per heavy atom. The molecule has 0 saturated heterocycles. The highest BCUT2D eigenvalue weighted by Crippen LogP contribution is 2.14. The van der Waals surface area contributed by atoms with E-state index < -0.39 is 28.6 Å². The lowest BCUT2D eigenvalue weighted by molar-refractivity contribution is 0.0930. The summed E-state index contributed by atoms with van der Waals surface area (Å²) >= 11 is 4.78. The lowest BCUT2D eigenvalue weighted by atomic mass is 10.1. The Hall–Kier alpha value is -1.03. The zero-order valence-electron chi connectivity index (χ0n) is 6.23. The molecule has 0 aliphatic carbocycles. The summed E-state index contributed by atoms with van der Waals surface area (Å²) < 4.78 is 37.5. The van der Waals surface area contributed by atoms with Crippen LogP contribution >= 0.6 is 11.6 Å². The molecule has 0 bridgehead atoms. The molecule has 5 heteroatoms. The Balaban J connectivity index is 3.13. The van der Waals surface area contributed by atoms with Gasteiger partial charge >= 0.3 is 0 Å². The predicted octanol–water partition coefficient (Wildman–Crippen LogP) is 2.68. The van der Waals surface area contributed by atoms with E-state index in [1.165, 1.54) is 0 Å². The number of hydrogen-bond acceptors (Lipinski definition) is 1. The number of rotatable bonds is 2. The van der Waals surface area contributed by atoms with Crippen molar-refractivity contribution < 1.29 is 18.0 Å². The second-order valence-corrected chi connectivity index (χ2v) is 2.67. The van der Waals surface area contributed by atoms with Crippen LogP contribution in [0.3, 0.4) is 0 Å². The van der Waals surface area contributed by atoms with Gasteiger partial charge < -0.3 is 0 Å². The van der Waals surface area contributed by atoms with Gasteiger partial charge in [0.25, 0.3) is 0 Å². The molecule has 1 nitrogen and oxygen atoms in total. The van der Waals surface area contributed by atoms with Gasteiger partial charge in [0.1, 0.15) is 11.6 Å². The fourth-order valence-electron chi connectivity index (χ4n) is 0.804. The van der Waals surface area contributed by atoms with Gasteiger partial charge in [-0.3, -0.25) is 4.79 Å². The van der Waals surface area contributed by atoms with Gasteiger partial charge in [0.2, 0.25) is 11.4 Å². The molecular formula is C8H4ClF3O. The molecule has 1 rings (SSSR count). The number of halogens is 4. The molecule has 0 amide bonds. The first-order chi connectivity index (χ1) is 6.02. The second-order valence-electron chi connectivity index (χ2n) is 2.29. The van der Waals surface area contributed by atoms with E-state index in [0.717, 1.165) is 12.1 Å². The van der Waals surface area contributed by atoms with E-state index >= 15 is 0 Å². The van der Waals surface area contributed by atoms with Gasteiger partial charge in [-0.1, -0.05) is 11.6 Å². The maximum atomic E-state index is 12.8. The van der Waals surface area contributed by atoms with Crippen LogP contribution < -0.4 is 0 Å². The molecule has 13 heavy (non-hydrogen) atoms. The van der Waals surface area contributed by atoms with Gasteiger partial charge in [-0.05, 0) is 18.2 Å². The predicted molar refractivity (Wildman–Crippen MR) is 41.4 cm³/mol. The fourth-order valence-corrected chi connectivity index (χ4v) is 0.921. The van der Waals surface area contributed by atoms with Crippen LogP contribution in [0.4, 0.5) is 13.2 Å². The highest BCUT2D eigenvalue weighted by atomic mass is 35.5. The summed E-state index contributed by atoms with van der Waals surface area (Å²) in [6, 6.07) is 2.17. The van der Waals surface area contributed by atoms with Crippen molar-refractivity contribution in [3.8, 4) is 0 Å². The third-order valence-corrected chi connectivity index (χ3v) is 1.59. The molecule has 0 aromatic heterocycles. The summed E-state index contributed by atoms with van der Waals surface area (Å²) in [6.45, 7) is 0.